The number of hydrogen-bond donors (Lipinski definition) is 1. The van der Waals surface area contributed by atoms with Gasteiger partial charge in [0.1, 0.15) is 5.75 Å². The second-order valence-corrected chi connectivity index (χ2v) is 7.05. The number of nitrogens with one attached hydrogen (secondary N) is 1. The molecule has 0 spiro atoms. The second kappa shape index (κ2) is 8.71. The summed E-state index contributed by atoms with van der Waals surface area (Å²) in [6, 6.07) is 16.0. The number of nitrogens with zero attached hydrogens (tertiary/aromatic N) is 1. The largest absolute Gasteiger partial charge is 0.497 e. The van der Waals surface area contributed by atoms with E-state index < -0.39 is 0 Å². The molecule has 0 radical (unpaired) electrons. The summed E-state index contributed by atoms with van der Waals surface area (Å²) < 4.78 is 5.15. The molecule has 142 valence electrons. The quantitative estimate of drug-likeness (QED) is 0.820. The fraction of sp³-hybridized carbons (Fsp3) is 0.364. The molecule has 1 aliphatic rings. The first-order valence-electron chi connectivity index (χ1n) is 9.29. The maximum atomic E-state index is 12.4. The number of hydrogen-bond acceptors (Lipinski definition) is 3. The summed E-state index contributed by atoms with van der Waals surface area (Å²) in [7, 11) is 1.63. The van der Waals surface area contributed by atoms with E-state index in [0.29, 0.717) is 19.6 Å². The normalized spacial score (nSPS) is 16.4. The molecule has 0 unspecified atom stereocenters. The van der Waals surface area contributed by atoms with E-state index in [1.54, 1.807) is 12.0 Å². The summed E-state index contributed by atoms with van der Waals surface area (Å²) in [6.07, 6.45) is 1.08. The number of ether oxygens (including phenoxy) is 1. The number of rotatable bonds is 7. The van der Waals surface area contributed by atoms with Gasteiger partial charge in [-0.15, -0.1) is 0 Å². The van der Waals surface area contributed by atoms with Crippen molar-refractivity contribution < 1.29 is 14.3 Å². The molecule has 2 aromatic carbocycles. The summed E-state index contributed by atoms with van der Waals surface area (Å²) in [6.45, 7) is 3.64. The third kappa shape index (κ3) is 5.09. The highest BCUT2D eigenvalue weighted by Gasteiger charge is 2.33. The lowest BCUT2D eigenvalue weighted by Crippen LogP contribution is -2.34. The van der Waals surface area contributed by atoms with Gasteiger partial charge in [-0.2, -0.15) is 0 Å². The van der Waals surface area contributed by atoms with Gasteiger partial charge in [0, 0.05) is 26.1 Å². The Bertz CT molecular complexity index is 784. The van der Waals surface area contributed by atoms with Crippen molar-refractivity contribution in [1.82, 2.24) is 10.2 Å². The fourth-order valence-corrected chi connectivity index (χ4v) is 3.28. The Morgan fingerprint density at radius 3 is 2.44 bits per heavy atom. The van der Waals surface area contributed by atoms with Gasteiger partial charge < -0.3 is 15.0 Å². The molecule has 0 aliphatic carbocycles. The summed E-state index contributed by atoms with van der Waals surface area (Å²) in [4.78, 5) is 26.4. The monoisotopic (exact) mass is 366 g/mol. The minimum absolute atomic E-state index is 0.0319. The van der Waals surface area contributed by atoms with Gasteiger partial charge in [-0.1, -0.05) is 42.0 Å². The highest BCUT2D eigenvalue weighted by molar-refractivity contribution is 5.89. The lowest BCUT2D eigenvalue weighted by Gasteiger charge is -2.17. The van der Waals surface area contributed by atoms with Crippen LogP contribution in [0.4, 0.5) is 0 Å². The van der Waals surface area contributed by atoms with Crippen LogP contribution in [0, 0.1) is 12.8 Å². The van der Waals surface area contributed by atoms with Crippen LogP contribution in [-0.4, -0.2) is 36.9 Å². The number of benzene rings is 2. The van der Waals surface area contributed by atoms with Crippen LogP contribution in [0.2, 0.25) is 0 Å². The smallest absolute Gasteiger partial charge is 0.225 e. The van der Waals surface area contributed by atoms with Crippen molar-refractivity contribution in [1.29, 1.82) is 0 Å². The van der Waals surface area contributed by atoms with Crippen molar-refractivity contribution in [2.45, 2.75) is 26.3 Å². The molecule has 0 saturated carbocycles. The summed E-state index contributed by atoms with van der Waals surface area (Å²) >= 11 is 0. The van der Waals surface area contributed by atoms with Crippen molar-refractivity contribution >= 4 is 11.8 Å². The predicted octanol–water partition coefficient (Wildman–Crippen LogP) is 2.71. The average Bonchev–Trinajstić information content (AvgIpc) is 3.04. The Morgan fingerprint density at radius 2 is 1.78 bits per heavy atom. The van der Waals surface area contributed by atoms with Gasteiger partial charge in [0.05, 0.1) is 13.0 Å². The lowest BCUT2D eigenvalue weighted by molar-refractivity contribution is -0.129. The van der Waals surface area contributed by atoms with Crippen LogP contribution in [0.15, 0.2) is 48.5 Å². The molecule has 3 rings (SSSR count). The standard InChI is InChI=1S/C22H26N2O3/c1-16-3-5-17(6-4-16)11-12-23-22(26)19-13-21(25)24(15-19)14-18-7-9-20(27-2)10-8-18/h3-10,19H,11-15H2,1-2H3,(H,23,26)/t19-/m0/s1. The van der Waals surface area contributed by atoms with Crippen LogP contribution in [0.25, 0.3) is 0 Å². The van der Waals surface area contributed by atoms with Crippen LogP contribution in [0.5, 0.6) is 5.75 Å². The van der Waals surface area contributed by atoms with Gasteiger partial charge in [0.2, 0.25) is 11.8 Å². The minimum Gasteiger partial charge on any atom is -0.497 e. The molecule has 1 saturated heterocycles. The minimum atomic E-state index is -0.270. The molecule has 1 aliphatic heterocycles. The van der Waals surface area contributed by atoms with Gasteiger partial charge in [0.15, 0.2) is 0 Å². The third-order valence-corrected chi connectivity index (χ3v) is 4.95. The Labute approximate surface area is 160 Å². The molecule has 1 atom stereocenters. The molecule has 5 nitrogen and oxygen atoms in total. The van der Waals surface area contributed by atoms with Crippen LogP contribution >= 0.6 is 0 Å². The third-order valence-electron chi connectivity index (χ3n) is 4.95. The SMILES string of the molecule is COc1ccc(CN2C[C@@H](C(=O)NCCc3ccc(C)cc3)CC2=O)cc1. The molecule has 2 amide bonds. The maximum absolute atomic E-state index is 12.4. The van der Waals surface area contributed by atoms with E-state index in [9.17, 15) is 9.59 Å². The van der Waals surface area contributed by atoms with Crippen molar-refractivity contribution in [3.8, 4) is 5.75 Å². The Kier molecular flexibility index (Phi) is 6.12. The van der Waals surface area contributed by atoms with E-state index in [4.69, 9.17) is 4.74 Å². The molecule has 1 N–H and O–H groups in total. The molecule has 1 heterocycles. The molecule has 27 heavy (non-hydrogen) atoms. The molecule has 0 bridgehead atoms. The first kappa shape index (κ1) is 19.0. The first-order valence-corrected chi connectivity index (χ1v) is 9.29. The summed E-state index contributed by atoms with van der Waals surface area (Å²) in [5.41, 5.74) is 3.46. The Morgan fingerprint density at radius 1 is 1.11 bits per heavy atom. The van der Waals surface area contributed by atoms with E-state index in [1.165, 1.54) is 11.1 Å². The van der Waals surface area contributed by atoms with Gasteiger partial charge in [0.25, 0.3) is 0 Å². The summed E-state index contributed by atoms with van der Waals surface area (Å²) in [5.74, 6) is 0.517. The fourth-order valence-electron chi connectivity index (χ4n) is 3.28. The van der Waals surface area contributed by atoms with E-state index in [1.807, 2.05) is 24.3 Å². The molecule has 2 aromatic rings. The van der Waals surface area contributed by atoms with Crippen molar-refractivity contribution in [2.75, 3.05) is 20.2 Å². The molecular weight excluding hydrogens is 340 g/mol. The number of methoxy groups -OCH3 is 1. The van der Waals surface area contributed by atoms with Crippen LogP contribution in [-0.2, 0) is 22.6 Å². The first-order chi connectivity index (χ1) is 13.0. The zero-order valence-electron chi connectivity index (χ0n) is 15.9. The molecular formula is C22H26N2O3. The van der Waals surface area contributed by atoms with Gasteiger partial charge >= 0.3 is 0 Å². The average molecular weight is 366 g/mol. The van der Waals surface area contributed by atoms with Gasteiger partial charge in [-0.3, -0.25) is 9.59 Å². The van der Waals surface area contributed by atoms with Crippen LogP contribution in [0.3, 0.4) is 0 Å². The molecule has 5 heteroatoms. The van der Waals surface area contributed by atoms with Gasteiger partial charge in [-0.25, -0.2) is 0 Å². The lowest BCUT2D eigenvalue weighted by atomic mass is 10.1. The highest BCUT2D eigenvalue weighted by Crippen LogP contribution is 2.21. The zero-order valence-corrected chi connectivity index (χ0v) is 15.9. The van der Waals surface area contributed by atoms with E-state index in [-0.39, 0.29) is 24.2 Å². The van der Waals surface area contributed by atoms with E-state index in [0.717, 1.165) is 17.7 Å². The van der Waals surface area contributed by atoms with Crippen molar-refractivity contribution in [3.63, 3.8) is 0 Å². The molecule has 0 aromatic heterocycles. The summed E-state index contributed by atoms with van der Waals surface area (Å²) in [5, 5.41) is 2.97. The zero-order chi connectivity index (χ0) is 19.2. The van der Waals surface area contributed by atoms with Crippen molar-refractivity contribution in [2.24, 2.45) is 5.92 Å². The number of carbonyl (C=O) groups is 2. The highest BCUT2D eigenvalue weighted by atomic mass is 16.5. The topological polar surface area (TPSA) is 58.6 Å². The van der Waals surface area contributed by atoms with E-state index in [2.05, 4.69) is 36.5 Å². The van der Waals surface area contributed by atoms with E-state index >= 15 is 0 Å². The second-order valence-electron chi connectivity index (χ2n) is 7.05. The maximum Gasteiger partial charge on any atom is 0.225 e. The van der Waals surface area contributed by atoms with Crippen LogP contribution < -0.4 is 10.1 Å². The molecule has 1 fully saturated rings. The predicted molar refractivity (Wildman–Crippen MR) is 104 cm³/mol. The Hall–Kier alpha value is -2.82. The Balaban J connectivity index is 1.47. The van der Waals surface area contributed by atoms with Crippen LogP contribution in [0.1, 0.15) is 23.1 Å². The number of likely N-dealkylation sites (tertiary alicyclic amines) is 1. The van der Waals surface area contributed by atoms with Crippen molar-refractivity contribution in [3.05, 3.63) is 65.2 Å². The van der Waals surface area contributed by atoms with Gasteiger partial charge in [-0.05, 0) is 36.6 Å². The number of aryl methyl sites for hydroxylation is 1. The number of amides is 2. The number of carbonyl (C=O) groups excluding carboxylic acids is 2.